The maximum Gasteiger partial charge on any atom is 0.229 e. The molecular formula is C12H22N2O3. The normalized spacial score (nSPS) is 30.8. The van der Waals surface area contributed by atoms with Crippen molar-refractivity contribution in [1.29, 1.82) is 0 Å². The zero-order chi connectivity index (χ0) is 12.3. The lowest BCUT2D eigenvalue weighted by atomic mass is 10.0. The van der Waals surface area contributed by atoms with Crippen molar-refractivity contribution in [3.8, 4) is 0 Å². The molecule has 2 fully saturated rings. The van der Waals surface area contributed by atoms with Gasteiger partial charge in [-0.25, -0.2) is 0 Å². The highest BCUT2D eigenvalue weighted by Crippen LogP contribution is 2.19. The van der Waals surface area contributed by atoms with E-state index in [1.54, 1.807) is 0 Å². The predicted molar refractivity (Wildman–Crippen MR) is 63.5 cm³/mol. The van der Waals surface area contributed by atoms with Crippen LogP contribution in [0.4, 0.5) is 0 Å². The molecule has 2 aliphatic heterocycles. The third-order valence-corrected chi connectivity index (χ3v) is 3.60. The maximum atomic E-state index is 12.2. The summed E-state index contributed by atoms with van der Waals surface area (Å²) in [6.07, 6.45) is 2.18. The molecular weight excluding hydrogens is 220 g/mol. The van der Waals surface area contributed by atoms with Crippen LogP contribution in [0.2, 0.25) is 0 Å². The fourth-order valence-electron chi connectivity index (χ4n) is 2.54. The van der Waals surface area contributed by atoms with Gasteiger partial charge in [0.1, 0.15) is 0 Å². The van der Waals surface area contributed by atoms with Crippen molar-refractivity contribution in [2.75, 3.05) is 32.9 Å². The van der Waals surface area contributed by atoms with Crippen LogP contribution in [0.25, 0.3) is 0 Å². The van der Waals surface area contributed by atoms with Gasteiger partial charge in [-0.1, -0.05) is 0 Å². The molecule has 0 aromatic heterocycles. The molecule has 2 saturated heterocycles. The van der Waals surface area contributed by atoms with Crippen LogP contribution in [-0.2, 0) is 14.3 Å². The van der Waals surface area contributed by atoms with Crippen molar-refractivity contribution < 1.29 is 14.3 Å². The summed E-state index contributed by atoms with van der Waals surface area (Å²) in [6, 6.07) is -0.132. The van der Waals surface area contributed by atoms with E-state index in [2.05, 4.69) is 0 Å². The second kappa shape index (κ2) is 5.80. The van der Waals surface area contributed by atoms with Crippen molar-refractivity contribution in [3.63, 3.8) is 0 Å². The summed E-state index contributed by atoms with van der Waals surface area (Å²) >= 11 is 0. The van der Waals surface area contributed by atoms with Crippen LogP contribution in [-0.4, -0.2) is 55.9 Å². The fourth-order valence-corrected chi connectivity index (χ4v) is 2.54. The van der Waals surface area contributed by atoms with Gasteiger partial charge >= 0.3 is 0 Å². The van der Waals surface area contributed by atoms with E-state index in [9.17, 15) is 4.79 Å². The lowest BCUT2D eigenvalue weighted by Gasteiger charge is -2.33. The molecule has 2 N–H and O–H groups in total. The highest BCUT2D eigenvalue weighted by atomic mass is 16.5. The van der Waals surface area contributed by atoms with Crippen LogP contribution in [0.1, 0.15) is 19.8 Å². The van der Waals surface area contributed by atoms with E-state index < -0.39 is 0 Å². The Morgan fingerprint density at radius 2 is 2.12 bits per heavy atom. The molecule has 0 aromatic carbocycles. The summed E-state index contributed by atoms with van der Waals surface area (Å²) in [7, 11) is 0. The van der Waals surface area contributed by atoms with Gasteiger partial charge in [0, 0.05) is 25.7 Å². The van der Waals surface area contributed by atoms with Crippen molar-refractivity contribution in [2.24, 2.45) is 11.7 Å². The smallest absolute Gasteiger partial charge is 0.229 e. The van der Waals surface area contributed by atoms with Gasteiger partial charge in [0.2, 0.25) is 5.91 Å². The second-order valence-corrected chi connectivity index (χ2v) is 4.79. The fraction of sp³-hybridized carbons (Fsp3) is 0.917. The number of hydrogen-bond acceptors (Lipinski definition) is 4. The lowest BCUT2D eigenvalue weighted by molar-refractivity contribution is -0.138. The van der Waals surface area contributed by atoms with Crippen LogP contribution >= 0.6 is 0 Å². The maximum absolute atomic E-state index is 12.2. The Labute approximate surface area is 102 Å². The number of ether oxygens (including phenoxy) is 2. The first-order valence-electron chi connectivity index (χ1n) is 6.46. The Morgan fingerprint density at radius 3 is 2.65 bits per heavy atom. The predicted octanol–water partition coefficient (Wildman–Crippen LogP) is -0.0124. The average Bonchev–Trinajstić information content (AvgIpc) is 2.76. The summed E-state index contributed by atoms with van der Waals surface area (Å²) in [5, 5.41) is 0. The Balaban J connectivity index is 1.82. The molecule has 0 saturated carbocycles. The van der Waals surface area contributed by atoms with E-state index >= 15 is 0 Å². The molecule has 0 radical (unpaired) electrons. The van der Waals surface area contributed by atoms with Crippen LogP contribution < -0.4 is 5.73 Å². The molecule has 5 heteroatoms. The highest BCUT2D eigenvalue weighted by molar-refractivity contribution is 5.80. The van der Waals surface area contributed by atoms with Gasteiger partial charge in [0.25, 0.3) is 0 Å². The van der Waals surface area contributed by atoms with Gasteiger partial charge in [0.15, 0.2) is 0 Å². The van der Waals surface area contributed by atoms with E-state index in [1.807, 2.05) is 11.8 Å². The van der Waals surface area contributed by atoms with Crippen molar-refractivity contribution in [1.82, 2.24) is 4.90 Å². The number of nitrogens with two attached hydrogens (primary N) is 1. The summed E-state index contributed by atoms with van der Waals surface area (Å²) < 4.78 is 10.8. The third kappa shape index (κ3) is 2.97. The number of piperidine rings is 1. The zero-order valence-electron chi connectivity index (χ0n) is 10.4. The van der Waals surface area contributed by atoms with Gasteiger partial charge in [-0.3, -0.25) is 4.79 Å². The quantitative estimate of drug-likeness (QED) is 0.756. The minimum Gasteiger partial charge on any atom is -0.379 e. The molecule has 2 rings (SSSR count). The van der Waals surface area contributed by atoms with Gasteiger partial charge in [0.05, 0.1) is 25.2 Å². The first kappa shape index (κ1) is 12.8. The van der Waals surface area contributed by atoms with Crippen molar-refractivity contribution in [3.05, 3.63) is 0 Å². The Hall–Kier alpha value is -0.650. The van der Waals surface area contributed by atoms with Crippen molar-refractivity contribution >= 4 is 5.91 Å². The SMILES string of the molecule is CCOC1CCN(C(=O)C2COCC2N)CC1. The summed E-state index contributed by atoms with van der Waals surface area (Å²) in [6.45, 7) is 5.31. The van der Waals surface area contributed by atoms with Crippen LogP contribution in [0.15, 0.2) is 0 Å². The molecule has 2 unspecified atom stereocenters. The molecule has 5 nitrogen and oxygen atoms in total. The molecule has 1 amide bonds. The first-order valence-corrected chi connectivity index (χ1v) is 6.46. The molecule has 0 aliphatic carbocycles. The Kier molecular flexibility index (Phi) is 4.36. The Bertz CT molecular complexity index is 264. The van der Waals surface area contributed by atoms with E-state index in [0.717, 1.165) is 32.5 Å². The third-order valence-electron chi connectivity index (χ3n) is 3.60. The van der Waals surface area contributed by atoms with E-state index in [-0.39, 0.29) is 17.9 Å². The number of carbonyl (C=O) groups excluding carboxylic acids is 1. The van der Waals surface area contributed by atoms with Gasteiger partial charge in [-0.2, -0.15) is 0 Å². The van der Waals surface area contributed by atoms with Gasteiger partial charge in [-0.05, 0) is 19.8 Å². The standard InChI is InChI=1S/C12H22N2O3/c1-2-17-9-3-5-14(6-4-9)12(15)10-7-16-8-11(10)13/h9-11H,2-8,13H2,1H3. The minimum absolute atomic E-state index is 0.132. The molecule has 0 spiro atoms. The van der Waals surface area contributed by atoms with E-state index in [4.69, 9.17) is 15.2 Å². The van der Waals surface area contributed by atoms with Gasteiger partial charge in [-0.15, -0.1) is 0 Å². The number of hydrogen-bond donors (Lipinski definition) is 1. The van der Waals surface area contributed by atoms with Crippen LogP contribution in [0.5, 0.6) is 0 Å². The Morgan fingerprint density at radius 1 is 1.41 bits per heavy atom. The van der Waals surface area contributed by atoms with Crippen LogP contribution in [0.3, 0.4) is 0 Å². The summed E-state index contributed by atoms with van der Waals surface area (Å²) in [5.41, 5.74) is 5.86. The number of amides is 1. The molecule has 2 atom stereocenters. The second-order valence-electron chi connectivity index (χ2n) is 4.79. The zero-order valence-corrected chi connectivity index (χ0v) is 10.4. The number of nitrogens with zero attached hydrogens (tertiary/aromatic N) is 1. The van der Waals surface area contributed by atoms with Crippen LogP contribution in [0, 0.1) is 5.92 Å². The van der Waals surface area contributed by atoms with E-state index in [0.29, 0.717) is 19.3 Å². The van der Waals surface area contributed by atoms with Crippen molar-refractivity contribution in [2.45, 2.75) is 31.9 Å². The average molecular weight is 242 g/mol. The van der Waals surface area contributed by atoms with Gasteiger partial charge < -0.3 is 20.1 Å². The molecule has 0 aromatic rings. The highest BCUT2D eigenvalue weighted by Gasteiger charge is 2.35. The number of likely N-dealkylation sites (tertiary alicyclic amines) is 1. The topological polar surface area (TPSA) is 64.8 Å². The molecule has 98 valence electrons. The largest absolute Gasteiger partial charge is 0.379 e. The molecule has 2 aliphatic rings. The molecule has 2 heterocycles. The lowest BCUT2D eigenvalue weighted by Crippen LogP contribution is -2.47. The van der Waals surface area contributed by atoms with E-state index in [1.165, 1.54) is 0 Å². The summed E-state index contributed by atoms with van der Waals surface area (Å²) in [5.74, 6) is 0.0172. The monoisotopic (exact) mass is 242 g/mol. The minimum atomic E-state index is -0.140. The molecule has 0 bridgehead atoms. The molecule has 17 heavy (non-hydrogen) atoms. The summed E-state index contributed by atoms with van der Waals surface area (Å²) in [4.78, 5) is 14.1. The first-order chi connectivity index (χ1) is 8.22. The number of carbonyl (C=O) groups is 1. The number of rotatable bonds is 3.